The number of rotatable bonds is 4. The van der Waals surface area contributed by atoms with Crippen molar-refractivity contribution in [1.29, 1.82) is 0 Å². The lowest BCUT2D eigenvalue weighted by Crippen LogP contribution is -2.28. The predicted molar refractivity (Wildman–Crippen MR) is 83.3 cm³/mol. The van der Waals surface area contributed by atoms with E-state index in [4.69, 9.17) is 11.6 Å². The first-order valence-electron chi connectivity index (χ1n) is 6.71. The van der Waals surface area contributed by atoms with Gasteiger partial charge in [0.25, 0.3) is 0 Å². The Morgan fingerprint density at radius 1 is 1.58 bits per heavy atom. The Morgan fingerprint density at radius 2 is 2.47 bits per heavy atom. The summed E-state index contributed by atoms with van der Waals surface area (Å²) < 4.78 is 0.918. The maximum Gasteiger partial charge on any atom is 0.109 e. The zero-order valence-corrected chi connectivity index (χ0v) is 13.2. The van der Waals surface area contributed by atoms with E-state index in [0.29, 0.717) is 12.1 Å². The third kappa shape index (κ3) is 2.87. The molecule has 0 aliphatic heterocycles. The first kappa shape index (κ1) is 13.6. The Bertz CT molecular complexity index is 536. The van der Waals surface area contributed by atoms with Crippen molar-refractivity contribution in [2.75, 3.05) is 0 Å². The lowest BCUT2D eigenvalue weighted by Gasteiger charge is -2.27. The van der Waals surface area contributed by atoms with Crippen LogP contribution in [-0.4, -0.2) is 4.98 Å². The first-order chi connectivity index (χ1) is 9.28. The molecule has 2 heterocycles. The number of aryl methyl sites for hydroxylation is 1. The first-order valence-corrected chi connectivity index (χ1v) is 8.79. The molecule has 1 aliphatic rings. The molecule has 0 radical (unpaired) electrons. The van der Waals surface area contributed by atoms with Gasteiger partial charge in [-0.2, -0.15) is 0 Å². The second kappa shape index (κ2) is 5.92. The Hall–Kier alpha value is -0.420. The summed E-state index contributed by atoms with van der Waals surface area (Å²) in [6, 6.07) is 2.93. The second-order valence-electron chi connectivity index (χ2n) is 4.87. The van der Waals surface area contributed by atoms with E-state index in [2.05, 4.69) is 23.3 Å². The maximum absolute atomic E-state index is 6.17. The molecule has 0 saturated heterocycles. The van der Waals surface area contributed by atoms with Crippen molar-refractivity contribution in [1.82, 2.24) is 10.3 Å². The van der Waals surface area contributed by atoms with Gasteiger partial charge in [0.2, 0.25) is 0 Å². The molecule has 102 valence electrons. The molecule has 1 aliphatic carbocycles. The maximum atomic E-state index is 6.17. The summed E-state index contributed by atoms with van der Waals surface area (Å²) in [5.74, 6) is 0. The fourth-order valence-electron chi connectivity index (χ4n) is 2.71. The van der Waals surface area contributed by atoms with Crippen molar-refractivity contribution in [2.24, 2.45) is 0 Å². The highest BCUT2D eigenvalue weighted by molar-refractivity contribution is 7.16. The molecule has 2 unspecified atom stereocenters. The van der Waals surface area contributed by atoms with Gasteiger partial charge in [-0.1, -0.05) is 18.5 Å². The van der Waals surface area contributed by atoms with Crippen molar-refractivity contribution in [3.63, 3.8) is 0 Å². The SMILES string of the molecule is CCC(NC1CCCc2sc(Cl)cc21)c1nccs1. The Balaban J connectivity index is 1.80. The van der Waals surface area contributed by atoms with Crippen LogP contribution in [-0.2, 0) is 6.42 Å². The molecule has 0 fully saturated rings. The van der Waals surface area contributed by atoms with Crippen LogP contribution < -0.4 is 5.32 Å². The van der Waals surface area contributed by atoms with Gasteiger partial charge in [-0.3, -0.25) is 0 Å². The summed E-state index contributed by atoms with van der Waals surface area (Å²) in [6.07, 6.45) is 6.58. The molecule has 0 amide bonds. The summed E-state index contributed by atoms with van der Waals surface area (Å²) in [6.45, 7) is 2.21. The van der Waals surface area contributed by atoms with Crippen molar-refractivity contribution in [2.45, 2.75) is 44.7 Å². The van der Waals surface area contributed by atoms with Crippen LogP contribution in [0.5, 0.6) is 0 Å². The molecule has 1 N–H and O–H groups in total. The Kier molecular flexibility index (Phi) is 4.22. The van der Waals surface area contributed by atoms with Gasteiger partial charge in [0.1, 0.15) is 5.01 Å². The van der Waals surface area contributed by atoms with Crippen LogP contribution in [0.2, 0.25) is 4.34 Å². The van der Waals surface area contributed by atoms with Crippen molar-refractivity contribution < 1.29 is 0 Å². The number of nitrogens with one attached hydrogen (secondary N) is 1. The highest BCUT2D eigenvalue weighted by atomic mass is 35.5. The minimum absolute atomic E-state index is 0.356. The molecular weight excluding hydrogens is 296 g/mol. The highest BCUT2D eigenvalue weighted by Crippen LogP contribution is 2.39. The summed E-state index contributed by atoms with van der Waals surface area (Å²) in [4.78, 5) is 5.91. The normalized spacial score (nSPS) is 20.2. The fourth-order valence-corrected chi connectivity index (χ4v) is 4.87. The van der Waals surface area contributed by atoms with Crippen LogP contribution in [0, 0.1) is 0 Å². The van der Waals surface area contributed by atoms with Crippen LogP contribution in [0.4, 0.5) is 0 Å². The topological polar surface area (TPSA) is 24.9 Å². The standard InChI is InChI=1S/C14H17ClN2S2/c1-2-10(14-16-6-7-18-14)17-11-4-3-5-12-9(11)8-13(15)19-12/h6-8,10-11,17H,2-5H2,1H3. The highest BCUT2D eigenvalue weighted by Gasteiger charge is 2.25. The molecular formula is C14H17ClN2S2. The van der Waals surface area contributed by atoms with Crippen LogP contribution in [0.25, 0.3) is 0 Å². The van der Waals surface area contributed by atoms with Gasteiger partial charge >= 0.3 is 0 Å². The fraction of sp³-hybridized carbons (Fsp3) is 0.500. The number of thiophene rings is 1. The number of fused-ring (bicyclic) bond motifs is 1. The number of hydrogen-bond acceptors (Lipinski definition) is 4. The average Bonchev–Trinajstić information content (AvgIpc) is 3.03. The third-order valence-corrected chi connectivity index (χ3v) is 5.87. The Morgan fingerprint density at radius 3 is 3.21 bits per heavy atom. The van der Waals surface area contributed by atoms with E-state index >= 15 is 0 Å². The van der Waals surface area contributed by atoms with E-state index in [1.165, 1.54) is 34.7 Å². The molecule has 2 atom stereocenters. The van der Waals surface area contributed by atoms with Crippen molar-refractivity contribution in [3.05, 3.63) is 37.4 Å². The molecule has 5 heteroatoms. The smallest absolute Gasteiger partial charge is 0.109 e. The van der Waals surface area contributed by atoms with Gasteiger partial charge in [-0.25, -0.2) is 4.98 Å². The molecule has 0 aromatic carbocycles. The monoisotopic (exact) mass is 312 g/mol. The van der Waals surface area contributed by atoms with E-state index in [-0.39, 0.29) is 0 Å². The van der Waals surface area contributed by atoms with Crippen LogP contribution >= 0.6 is 34.3 Å². The molecule has 3 rings (SSSR count). The zero-order valence-electron chi connectivity index (χ0n) is 10.9. The van der Waals surface area contributed by atoms with Crippen molar-refractivity contribution in [3.8, 4) is 0 Å². The Labute approximate surface area is 126 Å². The molecule has 2 nitrogen and oxygen atoms in total. The van der Waals surface area contributed by atoms with Gasteiger partial charge in [0.05, 0.1) is 10.4 Å². The van der Waals surface area contributed by atoms with Gasteiger partial charge in [-0.15, -0.1) is 22.7 Å². The lowest BCUT2D eigenvalue weighted by molar-refractivity contribution is 0.395. The molecule has 0 saturated carbocycles. The number of hydrogen-bond donors (Lipinski definition) is 1. The summed E-state index contributed by atoms with van der Waals surface area (Å²) in [7, 11) is 0. The molecule has 19 heavy (non-hydrogen) atoms. The number of aromatic nitrogens is 1. The number of thiazole rings is 1. The van der Waals surface area contributed by atoms with Gasteiger partial charge in [0, 0.05) is 22.5 Å². The van der Waals surface area contributed by atoms with Crippen LogP contribution in [0.15, 0.2) is 17.6 Å². The van der Waals surface area contributed by atoms with E-state index in [1.807, 2.05) is 11.6 Å². The molecule has 0 bridgehead atoms. The van der Waals surface area contributed by atoms with E-state index in [0.717, 1.165) is 10.8 Å². The molecule has 2 aromatic heterocycles. The summed E-state index contributed by atoms with van der Waals surface area (Å²) in [5.41, 5.74) is 1.41. The zero-order chi connectivity index (χ0) is 13.2. The predicted octanol–water partition coefficient (Wildman–Crippen LogP) is 4.98. The average molecular weight is 313 g/mol. The van der Waals surface area contributed by atoms with E-state index in [1.54, 1.807) is 22.7 Å². The number of nitrogens with zero attached hydrogens (tertiary/aromatic N) is 1. The molecule has 0 spiro atoms. The molecule has 2 aromatic rings. The largest absolute Gasteiger partial charge is 0.301 e. The van der Waals surface area contributed by atoms with Gasteiger partial charge in [-0.05, 0) is 37.3 Å². The summed E-state index contributed by atoms with van der Waals surface area (Å²) >= 11 is 9.64. The van der Waals surface area contributed by atoms with Crippen molar-refractivity contribution >= 4 is 34.3 Å². The number of halogens is 1. The minimum Gasteiger partial charge on any atom is -0.301 e. The van der Waals surface area contributed by atoms with Crippen LogP contribution in [0.3, 0.4) is 0 Å². The lowest BCUT2D eigenvalue weighted by atomic mass is 9.93. The van der Waals surface area contributed by atoms with E-state index in [9.17, 15) is 0 Å². The quantitative estimate of drug-likeness (QED) is 0.861. The van der Waals surface area contributed by atoms with E-state index < -0.39 is 0 Å². The minimum atomic E-state index is 0.356. The third-order valence-electron chi connectivity index (χ3n) is 3.64. The van der Waals surface area contributed by atoms with Gasteiger partial charge in [0.15, 0.2) is 0 Å². The summed E-state index contributed by atoms with van der Waals surface area (Å²) in [5, 5.41) is 7.01. The van der Waals surface area contributed by atoms with Gasteiger partial charge < -0.3 is 5.32 Å². The van der Waals surface area contributed by atoms with Crippen LogP contribution in [0.1, 0.15) is 53.7 Å². The second-order valence-corrected chi connectivity index (χ2v) is 7.57.